The molecule has 7 heteroatoms. The zero-order chi connectivity index (χ0) is 23.6. The van der Waals surface area contributed by atoms with E-state index >= 15 is 0 Å². The smallest absolute Gasteiger partial charge is 0.264 e. The first-order valence-corrected chi connectivity index (χ1v) is 12.5. The minimum atomic E-state index is -3.94. The summed E-state index contributed by atoms with van der Waals surface area (Å²) in [5, 5.41) is 0. The monoisotopic (exact) mass is 470 g/mol. The summed E-state index contributed by atoms with van der Waals surface area (Å²) in [7, 11) is -3.94. The van der Waals surface area contributed by atoms with Crippen LogP contribution in [0, 0.1) is 25.5 Å². The fourth-order valence-electron chi connectivity index (χ4n) is 4.33. The van der Waals surface area contributed by atoms with Gasteiger partial charge >= 0.3 is 0 Å². The molecule has 1 fully saturated rings. The van der Waals surface area contributed by atoms with Crippen LogP contribution in [0.4, 0.5) is 14.5 Å². The SMILES string of the molecule is Cc1ccc(CN2CCC(N(c3ccc(F)cc3)S(=O)(=O)c3ccc(F)cc3)CC2)cc1C. The van der Waals surface area contributed by atoms with Crippen LogP contribution >= 0.6 is 0 Å². The van der Waals surface area contributed by atoms with E-state index < -0.39 is 21.7 Å². The van der Waals surface area contributed by atoms with Gasteiger partial charge in [-0.15, -0.1) is 0 Å². The summed E-state index contributed by atoms with van der Waals surface area (Å²) >= 11 is 0. The molecular formula is C26H28F2N2O2S. The number of sulfonamides is 1. The van der Waals surface area contributed by atoms with Gasteiger partial charge in [-0.1, -0.05) is 18.2 Å². The Hall–Kier alpha value is -2.77. The summed E-state index contributed by atoms with van der Waals surface area (Å²) in [5.41, 5.74) is 4.17. The summed E-state index contributed by atoms with van der Waals surface area (Å²) in [4.78, 5) is 2.35. The molecule has 0 radical (unpaired) electrons. The molecule has 0 spiro atoms. The van der Waals surface area contributed by atoms with E-state index in [0.29, 0.717) is 18.5 Å². The van der Waals surface area contributed by atoms with Gasteiger partial charge in [-0.25, -0.2) is 17.2 Å². The maximum Gasteiger partial charge on any atom is 0.264 e. The van der Waals surface area contributed by atoms with E-state index in [1.807, 2.05) is 0 Å². The number of hydrogen-bond donors (Lipinski definition) is 0. The van der Waals surface area contributed by atoms with E-state index in [4.69, 9.17) is 0 Å². The maximum absolute atomic E-state index is 13.6. The Balaban J connectivity index is 1.56. The van der Waals surface area contributed by atoms with E-state index in [1.165, 1.54) is 57.4 Å². The molecule has 0 unspecified atom stereocenters. The van der Waals surface area contributed by atoms with Crippen molar-refractivity contribution in [3.63, 3.8) is 0 Å². The van der Waals surface area contributed by atoms with Crippen LogP contribution < -0.4 is 4.31 Å². The normalized spacial score (nSPS) is 15.5. The number of benzene rings is 3. The Kier molecular flexibility index (Phi) is 6.81. The summed E-state index contributed by atoms with van der Waals surface area (Å²) in [5.74, 6) is -0.928. The van der Waals surface area contributed by atoms with Crippen molar-refractivity contribution in [3.8, 4) is 0 Å². The number of anilines is 1. The van der Waals surface area contributed by atoms with Crippen molar-refractivity contribution in [2.45, 2.75) is 44.2 Å². The minimum Gasteiger partial charge on any atom is -0.299 e. The van der Waals surface area contributed by atoms with Crippen molar-refractivity contribution >= 4 is 15.7 Å². The number of hydrogen-bond acceptors (Lipinski definition) is 3. The first-order valence-electron chi connectivity index (χ1n) is 11.1. The third-order valence-electron chi connectivity index (χ3n) is 6.32. The first kappa shape index (κ1) is 23.4. The van der Waals surface area contributed by atoms with Gasteiger partial charge in [0, 0.05) is 25.7 Å². The van der Waals surface area contributed by atoms with Crippen LogP contribution in [-0.2, 0) is 16.6 Å². The zero-order valence-corrected chi connectivity index (χ0v) is 19.7. The van der Waals surface area contributed by atoms with Gasteiger partial charge in [0.15, 0.2) is 0 Å². The molecule has 3 aromatic carbocycles. The highest BCUT2D eigenvalue weighted by molar-refractivity contribution is 7.92. The second kappa shape index (κ2) is 9.61. The molecule has 0 aliphatic carbocycles. The zero-order valence-electron chi connectivity index (χ0n) is 18.8. The lowest BCUT2D eigenvalue weighted by Crippen LogP contribution is -2.47. The van der Waals surface area contributed by atoms with Crippen LogP contribution in [0.25, 0.3) is 0 Å². The number of aryl methyl sites for hydroxylation is 2. The van der Waals surface area contributed by atoms with Crippen LogP contribution in [0.15, 0.2) is 71.6 Å². The molecule has 4 nitrogen and oxygen atoms in total. The van der Waals surface area contributed by atoms with Crippen LogP contribution in [0.2, 0.25) is 0 Å². The molecular weight excluding hydrogens is 442 g/mol. The van der Waals surface area contributed by atoms with E-state index in [-0.39, 0.29) is 10.9 Å². The Morgan fingerprint density at radius 1 is 0.848 bits per heavy atom. The van der Waals surface area contributed by atoms with Crippen molar-refractivity contribution in [1.29, 1.82) is 0 Å². The maximum atomic E-state index is 13.6. The van der Waals surface area contributed by atoms with Gasteiger partial charge in [-0.2, -0.15) is 0 Å². The second-order valence-corrected chi connectivity index (χ2v) is 10.5. The molecule has 0 saturated carbocycles. The third kappa shape index (κ3) is 5.25. The molecule has 3 aromatic rings. The number of halogens is 2. The van der Waals surface area contributed by atoms with Crippen LogP contribution in [0.5, 0.6) is 0 Å². The van der Waals surface area contributed by atoms with E-state index in [2.05, 4.69) is 36.9 Å². The first-order chi connectivity index (χ1) is 15.7. The molecule has 0 aromatic heterocycles. The average Bonchev–Trinajstić information content (AvgIpc) is 2.79. The highest BCUT2D eigenvalue weighted by atomic mass is 32.2. The van der Waals surface area contributed by atoms with E-state index in [0.717, 1.165) is 31.8 Å². The molecule has 0 N–H and O–H groups in total. The van der Waals surface area contributed by atoms with Crippen LogP contribution in [0.1, 0.15) is 29.5 Å². The highest BCUT2D eigenvalue weighted by Gasteiger charge is 2.34. The highest BCUT2D eigenvalue weighted by Crippen LogP contribution is 2.31. The molecule has 0 amide bonds. The van der Waals surface area contributed by atoms with Crippen molar-refractivity contribution in [3.05, 3.63) is 95.1 Å². The molecule has 1 heterocycles. The van der Waals surface area contributed by atoms with E-state index in [9.17, 15) is 17.2 Å². The molecule has 1 aliphatic heterocycles. The predicted octanol–water partition coefficient (Wildman–Crippen LogP) is 5.44. The summed E-state index contributed by atoms with van der Waals surface area (Å²) < 4.78 is 55.5. The van der Waals surface area contributed by atoms with Crippen molar-refractivity contribution in [1.82, 2.24) is 4.90 Å². The summed E-state index contributed by atoms with van der Waals surface area (Å²) in [6.45, 7) is 6.50. The summed E-state index contributed by atoms with van der Waals surface area (Å²) in [6.07, 6.45) is 1.28. The molecule has 1 aliphatic rings. The quantitative estimate of drug-likeness (QED) is 0.482. The van der Waals surface area contributed by atoms with Crippen LogP contribution in [0.3, 0.4) is 0 Å². The molecule has 1 saturated heterocycles. The largest absolute Gasteiger partial charge is 0.299 e. The summed E-state index contributed by atoms with van der Waals surface area (Å²) in [6, 6.07) is 16.5. The van der Waals surface area contributed by atoms with Gasteiger partial charge in [0.25, 0.3) is 10.0 Å². The lowest BCUT2D eigenvalue weighted by atomic mass is 10.0. The van der Waals surface area contributed by atoms with Gasteiger partial charge in [-0.05, 0) is 91.9 Å². The number of likely N-dealkylation sites (tertiary alicyclic amines) is 1. The molecule has 0 atom stereocenters. The molecule has 174 valence electrons. The Bertz CT molecular complexity index is 1200. The molecule has 0 bridgehead atoms. The Morgan fingerprint density at radius 2 is 1.42 bits per heavy atom. The fraction of sp³-hybridized carbons (Fsp3) is 0.308. The van der Waals surface area contributed by atoms with Crippen molar-refractivity contribution in [2.24, 2.45) is 0 Å². The van der Waals surface area contributed by atoms with Gasteiger partial charge in [-0.3, -0.25) is 9.21 Å². The minimum absolute atomic E-state index is 0.0192. The second-order valence-electron chi connectivity index (χ2n) is 8.66. The Morgan fingerprint density at radius 3 is 2.00 bits per heavy atom. The van der Waals surface area contributed by atoms with E-state index in [1.54, 1.807) is 0 Å². The van der Waals surface area contributed by atoms with Gasteiger partial charge in [0.1, 0.15) is 11.6 Å². The lowest BCUT2D eigenvalue weighted by Gasteiger charge is -2.39. The standard InChI is InChI=1S/C26H28F2N2O2S/c1-19-3-4-21(17-20(19)2)18-29-15-13-25(14-16-29)30(24-9-5-22(27)6-10-24)33(31,32)26-11-7-23(28)8-12-26/h3-12,17,25H,13-16,18H2,1-2H3. The molecule has 4 rings (SSSR count). The number of piperidine rings is 1. The lowest BCUT2D eigenvalue weighted by molar-refractivity contribution is 0.206. The number of nitrogens with zero attached hydrogens (tertiary/aromatic N) is 2. The predicted molar refractivity (Wildman–Crippen MR) is 127 cm³/mol. The van der Waals surface area contributed by atoms with Crippen LogP contribution in [-0.4, -0.2) is 32.4 Å². The van der Waals surface area contributed by atoms with Gasteiger partial charge in [0.2, 0.25) is 0 Å². The molecule has 33 heavy (non-hydrogen) atoms. The number of rotatable bonds is 6. The van der Waals surface area contributed by atoms with Gasteiger partial charge in [0.05, 0.1) is 10.6 Å². The fourth-order valence-corrected chi connectivity index (χ4v) is 6.04. The van der Waals surface area contributed by atoms with Gasteiger partial charge < -0.3 is 0 Å². The topological polar surface area (TPSA) is 40.6 Å². The van der Waals surface area contributed by atoms with Crippen molar-refractivity contribution < 1.29 is 17.2 Å². The average molecular weight is 471 g/mol. The third-order valence-corrected chi connectivity index (χ3v) is 8.21. The van der Waals surface area contributed by atoms with Crippen molar-refractivity contribution in [2.75, 3.05) is 17.4 Å². The Labute approximate surface area is 194 Å².